The van der Waals surface area contributed by atoms with Crippen LogP contribution in [0.4, 0.5) is 10.1 Å². The summed E-state index contributed by atoms with van der Waals surface area (Å²) in [7, 11) is 0. The van der Waals surface area contributed by atoms with E-state index in [1.165, 1.54) is 4.68 Å². The van der Waals surface area contributed by atoms with Crippen molar-refractivity contribution in [2.24, 2.45) is 0 Å². The van der Waals surface area contributed by atoms with Gasteiger partial charge in [0.1, 0.15) is 6.67 Å². The molecule has 0 aromatic carbocycles. The SMILES string of the molecule is Cc1nn(CCF)cc1N.Cl. The zero-order chi connectivity index (χ0) is 7.56. The van der Waals surface area contributed by atoms with Gasteiger partial charge >= 0.3 is 0 Å². The van der Waals surface area contributed by atoms with Crippen molar-refractivity contribution >= 4 is 18.1 Å². The van der Waals surface area contributed by atoms with Crippen LogP contribution in [0.1, 0.15) is 5.69 Å². The number of halogens is 2. The third-order valence-corrected chi connectivity index (χ3v) is 1.30. The number of nitrogens with zero attached hydrogens (tertiary/aromatic N) is 2. The summed E-state index contributed by atoms with van der Waals surface area (Å²) in [5, 5.41) is 3.95. The lowest BCUT2D eigenvalue weighted by molar-refractivity contribution is 0.426. The smallest absolute Gasteiger partial charge is 0.109 e. The van der Waals surface area contributed by atoms with E-state index in [-0.39, 0.29) is 19.0 Å². The Morgan fingerprint density at radius 1 is 1.73 bits per heavy atom. The molecule has 0 atom stereocenters. The van der Waals surface area contributed by atoms with E-state index < -0.39 is 6.67 Å². The predicted octanol–water partition coefficient (Wildman–Crippen LogP) is 1.17. The minimum atomic E-state index is -0.402. The molecular formula is C6H11ClFN3. The first kappa shape index (κ1) is 10.2. The number of anilines is 1. The zero-order valence-electron chi connectivity index (χ0n) is 6.25. The molecular weight excluding hydrogens is 169 g/mol. The molecule has 1 rings (SSSR count). The van der Waals surface area contributed by atoms with Crippen molar-refractivity contribution in [2.75, 3.05) is 12.4 Å². The van der Waals surface area contributed by atoms with E-state index in [0.29, 0.717) is 5.69 Å². The van der Waals surface area contributed by atoms with Crippen LogP contribution in [0.2, 0.25) is 0 Å². The Morgan fingerprint density at radius 3 is 2.73 bits per heavy atom. The molecule has 0 unspecified atom stereocenters. The molecule has 5 heteroatoms. The second kappa shape index (κ2) is 4.18. The van der Waals surface area contributed by atoms with Gasteiger partial charge in [-0.05, 0) is 6.92 Å². The molecule has 64 valence electrons. The van der Waals surface area contributed by atoms with Crippen molar-refractivity contribution in [3.63, 3.8) is 0 Å². The van der Waals surface area contributed by atoms with Crippen LogP contribution in [-0.4, -0.2) is 16.5 Å². The van der Waals surface area contributed by atoms with E-state index in [4.69, 9.17) is 5.73 Å². The Kier molecular flexibility index (Phi) is 3.89. The highest BCUT2D eigenvalue weighted by Crippen LogP contribution is 2.05. The molecule has 0 amide bonds. The van der Waals surface area contributed by atoms with Gasteiger partial charge in [0.05, 0.1) is 17.9 Å². The Balaban J connectivity index is 0.000001000. The number of alkyl halides is 1. The van der Waals surface area contributed by atoms with E-state index in [2.05, 4.69) is 5.10 Å². The summed E-state index contributed by atoms with van der Waals surface area (Å²) in [6.45, 7) is 1.68. The summed E-state index contributed by atoms with van der Waals surface area (Å²) >= 11 is 0. The van der Waals surface area contributed by atoms with E-state index in [1.807, 2.05) is 0 Å². The number of nitrogen functional groups attached to an aromatic ring is 1. The molecule has 0 bridgehead atoms. The molecule has 0 fully saturated rings. The van der Waals surface area contributed by atoms with Crippen LogP contribution in [0.5, 0.6) is 0 Å². The molecule has 0 saturated carbocycles. The van der Waals surface area contributed by atoms with Gasteiger partial charge in [0.25, 0.3) is 0 Å². The lowest BCUT2D eigenvalue weighted by Gasteiger charge is -1.91. The van der Waals surface area contributed by atoms with Crippen LogP contribution in [0.3, 0.4) is 0 Å². The van der Waals surface area contributed by atoms with Crippen LogP contribution in [0.25, 0.3) is 0 Å². The van der Waals surface area contributed by atoms with Crippen LogP contribution < -0.4 is 5.73 Å². The number of aryl methyl sites for hydroxylation is 2. The molecule has 0 aliphatic carbocycles. The van der Waals surface area contributed by atoms with Gasteiger partial charge in [0.2, 0.25) is 0 Å². The van der Waals surface area contributed by atoms with Gasteiger partial charge in [0.15, 0.2) is 0 Å². The summed E-state index contributed by atoms with van der Waals surface area (Å²) in [6.07, 6.45) is 1.63. The highest BCUT2D eigenvalue weighted by molar-refractivity contribution is 5.85. The van der Waals surface area contributed by atoms with Gasteiger partial charge in [-0.2, -0.15) is 5.10 Å². The third-order valence-electron chi connectivity index (χ3n) is 1.30. The van der Waals surface area contributed by atoms with Crippen molar-refractivity contribution < 1.29 is 4.39 Å². The molecule has 1 aromatic rings. The van der Waals surface area contributed by atoms with Gasteiger partial charge in [-0.3, -0.25) is 4.68 Å². The first-order valence-corrected chi connectivity index (χ1v) is 3.09. The molecule has 2 N–H and O–H groups in total. The molecule has 11 heavy (non-hydrogen) atoms. The average Bonchev–Trinajstić information content (AvgIpc) is 2.14. The van der Waals surface area contributed by atoms with Crippen LogP contribution in [-0.2, 0) is 6.54 Å². The Bertz CT molecular complexity index is 204. The first-order valence-electron chi connectivity index (χ1n) is 3.09. The number of hydrogen-bond acceptors (Lipinski definition) is 2. The summed E-state index contributed by atoms with van der Waals surface area (Å²) in [5.41, 5.74) is 6.84. The maximum Gasteiger partial charge on any atom is 0.109 e. The molecule has 1 heterocycles. The average molecular weight is 180 g/mol. The number of rotatable bonds is 2. The normalized spacial score (nSPS) is 9.27. The highest BCUT2D eigenvalue weighted by Gasteiger charge is 1.98. The van der Waals surface area contributed by atoms with Crippen molar-refractivity contribution in [3.8, 4) is 0 Å². The van der Waals surface area contributed by atoms with Crippen LogP contribution >= 0.6 is 12.4 Å². The minimum absolute atomic E-state index is 0. The van der Waals surface area contributed by atoms with Gasteiger partial charge < -0.3 is 5.73 Å². The maximum absolute atomic E-state index is 11.7. The van der Waals surface area contributed by atoms with Crippen molar-refractivity contribution in [3.05, 3.63) is 11.9 Å². The van der Waals surface area contributed by atoms with Gasteiger partial charge in [-0.1, -0.05) is 0 Å². The largest absolute Gasteiger partial charge is 0.396 e. The van der Waals surface area contributed by atoms with Gasteiger partial charge in [0, 0.05) is 6.20 Å². The van der Waals surface area contributed by atoms with E-state index >= 15 is 0 Å². The van der Waals surface area contributed by atoms with Gasteiger partial charge in [-0.25, -0.2) is 4.39 Å². The monoisotopic (exact) mass is 179 g/mol. The van der Waals surface area contributed by atoms with Crippen molar-refractivity contribution in [1.82, 2.24) is 9.78 Å². The van der Waals surface area contributed by atoms with E-state index in [0.717, 1.165) is 5.69 Å². The maximum atomic E-state index is 11.7. The van der Waals surface area contributed by atoms with E-state index in [9.17, 15) is 4.39 Å². The molecule has 0 saturated heterocycles. The Morgan fingerprint density at radius 2 is 2.36 bits per heavy atom. The molecule has 0 aliphatic heterocycles. The van der Waals surface area contributed by atoms with Crippen LogP contribution in [0, 0.1) is 6.92 Å². The molecule has 3 nitrogen and oxygen atoms in total. The number of hydrogen-bond donors (Lipinski definition) is 1. The molecule has 1 aromatic heterocycles. The Hall–Kier alpha value is -0.770. The minimum Gasteiger partial charge on any atom is -0.396 e. The quantitative estimate of drug-likeness (QED) is 0.741. The zero-order valence-corrected chi connectivity index (χ0v) is 7.07. The lowest BCUT2D eigenvalue weighted by Crippen LogP contribution is -1.99. The first-order chi connectivity index (χ1) is 4.74. The fourth-order valence-electron chi connectivity index (χ4n) is 0.734. The second-order valence-electron chi connectivity index (χ2n) is 2.12. The van der Waals surface area contributed by atoms with E-state index in [1.54, 1.807) is 13.1 Å². The lowest BCUT2D eigenvalue weighted by atomic mass is 10.4. The Labute approximate surface area is 70.8 Å². The number of aromatic nitrogens is 2. The third kappa shape index (κ3) is 2.38. The topological polar surface area (TPSA) is 43.8 Å². The molecule has 0 aliphatic rings. The summed E-state index contributed by atoms with van der Waals surface area (Å²) < 4.78 is 13.2. The summed E-state index contributed by atoms with van der Waals surface area (Å²) in [5.74, 6) is 0. The fourth-order valence-corrected chi connectivity index (χ4v) is 0.734. The van der Waals surface area contributed by atoms with Crippen molar-refractivity contribution in [2.45, 2.75) is 13.5 Å². The van der Waals surface area contributed by atoms with Crippen LogP contribution in [0.15, 0.2) is 6.20 Å². The number of nitrogens with two attached hydrogens (primary N) is 1. The standard InChI is InChI=1S/C6H10FN3.ClH/c1-5-6(8)4-10(9-5)3-2-7;/h4H,2-3,8H2,1H3;1H. The predicted molar refractivity (Wildman–Crippen MR) is 44.6 cm³/mol. The fraction of sp³-hybridized carbons (Fsp3) is 0.500. The van der Waals surface area contributed by atoms with Gasteiger partial charge in [-0.15, -0.1) is 12.4 Å². The highest BCUT2D eigenvalue weighted by atomic mass is 35.5. The van der Waals surface area contributed by atoms with Crippen molar-refractivity contribution in [1.29, 1.82) is 0 Å². The summed E-state index contributed by atoms with van der Waals surface area (Å²) in [4.78, 5) is 0. The molecule has 0 spiro atoms. The molecule has 0 radical (unpaired) electrons. The second-order valence-corrected chi connectivity index (χ2v) is 2.12. The summed E-state index contributed by atoms with van der Waals surface area (Å²) in [6, 6.07) is 0.